The summed E-state index contributed by atoms with van der Waals surface area (Å²) >= 11 is 6.51. The summed E-state index contributed by atoms with van der Waals surface area (Å²) in [6, 6.07) is 19.5. The molecule has 3 N–H and O–H groups in total. The smallest absolute Gasteiger partial charge is 0.280 e. The minimum atomic E-state index is -3.91. The summed E-state index contributed by atoms with van der Waals surface area (Å²) in [7, 11) is -7.81. The lowest BCUT2D eigenvalue weighted by Crippen LogP contribution is -2.68. The van der Waals surface area contributed by atoms with E-state index in [9.17, 15) is 30.4 Å². The van der Waals surface area contributed by atoms with E-state index < -0.39 is 87.2 Å². The number of sulfone groups is 2. The monoisotopic (exact) mass is 965 g/mol. The van der Waals surface area contributed by atoms with Gasteiger partial charge in [-0.05, 0) is 86.3 Å². The largest absolute Gasteiger partial charge is 0.467 e. The number of anilines is 3. The Morgan fingerprint density at radius 3 is 1.78 bits per heavy atom. The summed E-state index contributed by atoms with van der Waals surface area (Å²) in [6.45, 7) is 1.23. The first-order valence-corrected chi connectivity index (χ1v) is 24.0. The number of benzene rings is 4. The number of nitrogens with one attached hydrogen (secondary N) is 3. The Labute approximate surface area is 379 Å². The number of amides is 3. The summed E-state index contributed by atoms with van der Waals surface area (Å²) in [5.74, 6) is -7.01. The Kier molecular flexibility index (Phi) is 12.2. The van der Waals surface area contributed by atoms with Gasteiger partial charge in [0.05, 0.1) is 31.5 Å². The number of thiazole rings is 1. The van der Waals surface area contributed by atoms with Crippen LogP contribution in [0.25, 0.3) is 0 Å². The number of nitrogens with zero attached hydrogens (tertiary/aromatic N) is 2. The maximum Gasteiger partial charge on any atom is 0.280 e. The molecule has 0 bridgehead atoms. The van der Waals surface area contributed by atoms with Crippen LogP contribution >= 0.6 is 22.9 Å². The molecule has 2 heterocycles. The second-order valence-electron chi connectivity index (χ2n) is 15.1. The van der Waals surface area contributed by atoms with Gasteiger partial charge >= 0.3 is 0 Å². The van der Waals surface area contributed by atoms with Crippen LogP contribution in [0.5, 0.6) is 11.5 Å². The van der Waals surface area contributed by atoms with E-state index in [0.717, 1.165) is 54.7 Å². The van der Waals surface area contributed by atoms with Crippen molar-refractivity contribution in [2.45, 2.75) is 64.1 Å². The standard InChI is InChI=1S/C44H35ClF3N5O9S3/c1-25(54)51-30-3-2-4-31(22-30)61-43(41(56)53-42-50-24-38(48)63-42,26-5-11-32(12-6-26)64(57,58)34-15-16-34)44(62-37-19-10-29(46)21-36(37)47,40(55)52-39-20-9-28(45)23-49-39)27-7-13-33(14-8-27)65(59,60)35-17-18-35/h2-14,19-24,34-35H,15-18H2,1H3,(H,51,54)(H,49,52,55)(H,50,53,56). The molecule has 2 aliphatic rings. The molecule has 336 valence electrons. The van der Waals surface area contributed by atoms with Gasteiger partial charge in [0.1, 0.15) is 17.4 Å². The fraction of sp³-hybridized carbons (Fsp3) is 0.205. The van der Waals surface area contributed by atoms with Gasteiger partial charge in [-0.15, -0.1) is 0 Å². The highest BCUT2D eigenvalue weighted by Crippen LogP contribution is 2.51. The summed E-state index contributed by atoms with van der Waals surface area (Å²) < 4.78 is 113. The van der Waals surface area contributed by atoms with Crippen LogP contribution in [0.4, 0.5) is 29.8 Å². The molecule has 2 aliphatic carbocycles. The van der Waals surface area contributed by atoms with Crippen molar-refractivity contribution in [3.05, 3.63) is 148 Å². The molecule has 2 saturated carbocycles. The van der Waals surface area contributed by atoms with E-state index in [-0.39, 0.29) is 42.8 Å². The molecular formula is C44H35ClF3N5O9S3. The average Bonchev–Trinajstić information content (AvgIpc) is 4.21. The number of ether oxygens (including phenoxy) is 2. The summed E-state index contributed by atoms with van der Waals surface area (Å²) in [5.41, 5.74) is -6.99. The van der Waals surface area contributed by atoms with Crippen LogP contribution in [0.15, 0.2) is 125 Å². The highest BCUT2D eigenvalue weighted by atomic mass is 35.5. The van der Waals surface area contributed by atoms with Gasteiger partial charge in [0.25, 0.3) is 23.0 Å². The van der Waals surface area contributed by atoms with Gasteiger partial charge in [0.15, 0.2) is 41.5 Å². The van der Waals surface area contributed by atoms with Crippen molar-refractivity contribution in [1.82, 2.24) is 9.97 Å². The number of hydrogen-bond acceptors (Lipinski definition) is 12. The number of pyridine rings is 1. The summed E-state index contributed by atoms with van der Waals surface area (Å²) in [6.07, 6.45) is 3.58. The molecule has 0 saturated heterocycles. The molecule has 6 aromatic rings. The van der Waals surface area contributed by atoms with E-state index >= 15 is 14.0 Å². The van der Waals surface area contributed by atoms with Gasteiger partial charge in [-0.1, -0.05) is 53.3 Å². The third-order valence-electron chi connectivity index (χ3n) is 10.5. The van der Waals surface area contributed by atoms with Crippen LogP contribution in [0.1, 0.15) is 43.7 Å². The second kappa shape index (κ2) is 17.6. The Morgan fingerprint density at radius 1 is 0.692 bits per heavy atom. The molecule has 2 fully saturated rings. The molecule has 0 radical (unpaired) electrons. The van der Waals surface area contributed by atoms with Crippen molar-refractivity contribution in [2.24, 2.45) is 0 Å². The lowest BCUT2D eigenvalue weighted by atomic mass is 9.71. The van der Waals surface area contributed by atoms with E-state index in [1.165, 1.54) is 61.7 Å². The fourth-order valence-electron chi connectivity index (χ4n) is 7.13. The van der Waals surface area contributed by atoms with Crippen molar-refractivity contribution in [3.8, 4) is 11.5 Å². The lowest BCUT2D eigenvalue weighted by molar-refractivity contribution is -0.173. The van der Waals surface area contributed by atoms with Gasteiger partial charge in [-0.3, -0.25) is 19.7 Å². The fourth-order valence-corrected chi connectivity index (χ4v) is 11.1. The van der Waals surface area contributed by atoms with Crippen molar-refractivity contribution in [3.63, 3.8) is 0 Å². The van der Waals surface area contributed by atoms with Crippen LogP contribution in [-0.4, -0.2) is 55.0 Å². The van der Waals surface area contributed by atoms with Crippen LogP contribution in [-0.2, 0) is 45.3 Å². The van der Waals surface area contributed by atoms with Crippen LogP contribution < -0.4 is 25.4 Å². The van der Waals surface area contributed by atoms with Gasteiger partial charge in [0, 0.05) is 42.1 Å². The number of aromatic nitrogens is 2. The highest BCUT2D eigenvalue weighted by molar-refractivity contribution is 7.92. The van der Waals surface area contributed by atoms with Gasteiger partial charge < -0.3 is 20.1 Å². The number of carbonyl (C=O) groups excluding carboxylic acids is 3. The zero-order chi connectivity index (χ0) is 46.3. The molecule has 2 atom stereocenters. The van der Waals surface area contributed by atoms with E-state index in [1.807, 2.05) is 0 Å². The van der Waals surface area contributed by atoms with Crippen molar-refractivity contribution in [2.75, 3.05) is 16.0 Å². The normalized spacial score (nSPS) is 15.8. The van der Waals surface area contributed by atoms with Crippen LogP contribution in [0.3, 0.4) is 0 Å². The Bertz CT molecular complexity index is 3050. The van der Waals surface area contributed by atoms with E-state index in [1.54, 1.807) is 0 Å². The third kappa shape index (κ3) is 9.03. The first-order valence-electron chi connectivity index (χ1n) is 19.7. The van der Waals surface area contributed by atoms with Crippen molar-refractivity contribution in [1.29, 1.82) is 0 Å². The number of halogens is 4. The van der Waals surface area contributed by atoms with Gasteiger partial charge in [-0.2, -0.15) is 4.39 Å². The number of carbonyl (C=O) groups is 3. The molecule has 8 rings (SSSR count). The van der Waals surface area contributed by atoms with E-state index in [4.69, 9.17) is 21.1 Å². The molecule has 2 unspecified atom stereocenters. The zero-order valence-electron chi connectivity index (χ0n) is 33.8. The summed E-state index contributed by atoms with van der Waals surface area (Å²) in [4.78, 5) is 51.8. The predicted molar refractivity (Wildman–Crippen MR) is 234 cm³/mol. The summed E-state index contributed by atoms with van der Waals surface area (Å²) in [5, 5.41) is 5.21. The minimum Gasteiger partial charge on any atom is -0.467 e. The molecule has 0 spiro atoms. The lowest BCUT2D eigenvalue weighted by Gasteiger charge is -2.47. The van der Waals surface area contributed by atoms with Gasteiger partial charge in [0.2, 0.25) is 5.91 Å². The van der Waals surface area contributed by atoms with Crippen LogP contribution in [0, 0.1) is 16.8 Å². The third-order valence-corrected chi connectivity index (χ3v) is 16.0. The topological polar surface area (TPSA) is 200 Å². The Morgan fingerprint density at radius 2 is 1.28 bits per heavy atom. The molecule has 0 aliphatic heterocycles. The first-order chi connectivity index (χ1) is 30.9. The second-order valence-corrected chi connectivity index (χ2v) is 21.0. The molecule has 14 nitrogen and oxygen atoms in total. The zero-order valence-corrected chi connectivity index (χ0v) is 37.0. The Hall–Kier alpha value is -6.35. The van der Waals surface area contributed by atoms with Crippen molar-refractivity contribution < 1.29 is 53.9 Å². The quantitative estimate of drug-likeness (QED) is 0.0850. The molecule has 3 amide bonds. The molecule has 65 heavy (non-hydrogen) atoms. The van der Waals surface area contributed by atoms with Crippen LogP contribution in [0.2, 0.25) is 5.02 Å². The Balaban J connectivity index is 1.50. The molecule has 2 aromatic heterocycles. The molecule has 21 heteroatoms. The minimum absolute atomic E-state index is 0.123. The van der Waals surface area contributed by atoms with Crippen molar-refractivity contribution >= 4 is 77.0 Å². The average molecular weight is 966 g/mol. The van der Waals surface area contributed by atoms with E-state index in [2.05, 4.69) is 25.9 Å². The number of rotatable bonds is 16. The first kappa shape index (κ1) is 45.2. The maximum absolute atomic E-state index is 16.3. The maximum atomic E-state index is 16.3. The highest BCUT2D eigenvalue weighted by Gasteiger charge is 2.69. The molecular weight excluding hydrogens is 931 g/mol. The van der Waals surface area contributed by atoms with Gasteiger partial charge in [-0.25, -0.2) is 35.6 Å². The van der Waals surface area contributed by atoms with E-state index in [0.29, 0.717) is 43.1 Å². The predicted octanol–water partition coefficient (Wildman–Crippen LogP) is 7.97. The molecule has 4 aromatic carbocycles. The SMILES string of the molecule is CC(=O)Nc1cccc(OC(C(=O)Nc2ncc(F)s2)(c2ccc(S(=O)(=O)C3CC3)cc2)C(Oc2ccc(F)cc2F)(C(=O)Nc2ccc(Cl)cn2)c2ccc(S(=O)(=O)C3CC3)cc2)c1. The number of hydrogen-bond donors (Lipinski definition) is 3.